The van der Waals surface area contributed by atoms with Crippen molar-refractivity contribution >= 4 is 23.4 Å². The lowest BCUT2D eigenvalue weighted by atomic mass is 10.1. The van der Waals surface area contributed by atoms with Crippen molar-refractivity contribution in [3.05, 3.63) is 90.0 Å². The average Bonchev–Trinajstić information content (AvgIpc) is 3.21. The Labute approximate surface area is 187 Å². The Bertz CT molecular complexity index is 1110. The maximum atomic E-state index is 12.9. The number of H-pyrrole nitrogens is 1. The summed E-state index contributed by atoms with van der Waals surface area (Å²) in [5.74, 6) is -0.0404. The van der Waals surface area contributed by atoms with E-state index in [0.717, 1.165) is 44.5 Å². The lowest BCUT2D eigenvalue weighted by molar-refractivity contribution is -0.115. The highest BCUT2D eigenvalue weighted by Crippen LogP contribution is 2.34. The van der Waals surface area contributed by atoms with E-state index in [1.807, 2.05) is 87.5 Å². The summed E-state index contributed by atoms with van der Waals surface area (Å²) in [5.41, 5.74) is 6.94. The molecule has 0 aliphatic rings. The Morgan fingerprint density at radius 3 is 2.06 bits per heavy atom. The molecule has 1 unspecified atom stereocenters. The number of hydrogen-bond acceptors (Lipinski definition) is 3. The lowest BCUT2D eigenvalue weighted by Crippen LogP contribution is -2.23. The molecule has 31 heavy (non-hydrogen) atoms. The van der Waals surface area contributed by atoms with Crippen LogP contribution in [0.2, 0.25) is 0 Å². The minimum Gasteiger partial charge on any atom is -0.332 e. The van der Waals surface area contributed by atoms with Crippen LogP contribution in [0.1, 0.15) is 18.1 Å². The SMILES string of the molecule is Cc1cccc(C)c1NC(=O)C(C)Sc1nc(-c2ccccc2)c(-c2ccccc2)[nH]1. The van der Waals surface area contributed by atoms with Crippen molar-refractivity contribution in [2.24, 2.45) is 0 Å². The van der Waals surface area contributed by atoms with Crippen molar-refractivity contribution in [1.82, 2.24) is 9.97 Å². The van der Waals surface area contributed by atoms with Crippen molar-refractivity contribution in [1.29, 1.82) is 0 Å². The minimum atomic E-state index is -0.308. The van der Waals surface area contributed by atoms with E-state index >= 15 is 0 Å². The van der Waals surface area contributed by atoms with Gasteiger partial charge in [-0.3, -0.25) is 4.79 Å². The highest BCUT2D eigenvalue weighted by molar-refractivity contribution is 8.00. The number of nitrogens with zero attached hydrogens (tertiary/aromatic N) is 1. The number of anilines is 1. The van der Waals surface area contributed by atoms with Crippen LogP contribution in [0.5, 0.6) is 0 Å². The summed E-state index contributed by atoms with van der Waals surface area (Å²) in [4.78, 5) is 21.2. The fourth-order valence-electron chi connectivity index (χ4n) is 3.48. The van der Waals surface area contributed by atoms with Crippen LogP contribution in [-0.4, -0.2) is 21.1 Å². The number of benzene rings is 3. The second kappa shape index (κ2) is 9.23. The molecule has 4 aromatic rings. The van der Waals surface area contributed by atoms with E-state index in [-0.39, 0.29) is 11.2 Å². The number of carbonyl (C=O) groups is 1. The maximum Gasteiger partial charge on any atom is 0.237 e. The summed E-state index contributed by atoms with van der Waals surface area (Å²) in [6.45, 7) is 5.91. The monoisotopic (exact) mass is 427 g/mol. The van der Waals surface area contributed by atoms with E-state index in [1.165, 1.54) is 11.8 Å². The van der Waals surface area contributed by atoms with Gasteiger partial charge in [0.1, 0.15) is 0 Å². The molecule has 2 N–H and O–H groups in total. The second-order valence-corrected chi connectivity index (χ2v) is 8.84. The molecule has 4 nitrogen and oxygen atoms in total. The molecule has 0 saturated carbocycles. The normalized spacial score (nSPS) is 11.8. The number of para-hydroxylation sites is 1. The molecule has 1 aromatic heterocycles. The number of aromatic nitrogens is 2. The summed E-state index contributed by atoms with van der Waals surface area (Å²) in [5, 5.41) is 3.50. The predicted octanol–water partition coefficient (Wildman–Crippen LogP) is 6.48. The third kappa shape index (κ3) is 4.72. The molecule has 5 heteroatoms. The fourth-order valence-corrected chi connectivity index (χ4v) is 4.29. The topological polar surface area (TPSA) is 57.8 Å². The highest BCUT2D eigenvalue weighted by Gasteiger charge is 2.20. The second-order valence-electron chi connectivity index (χ2n) is 7.51. The van der Waals surface area contributed by atoms with Crippen molar-refractivity contribution in [3.8, 4) is 22.5 Å². The molecular weight excluding hydrogens is 402 g/mol. The van der Waals surface area contributed by atoms with E-state index < -0.39 is 0 Å². The van der Waals surface area contributed by atoms with Crippen molar-refractivity contribution < 1.29 is 4.79 Å². The largest absolute Gasteiger partial charge is 0.332 e. The first kappa shape index (κ1) is 20.9. The van der Waals surface area contributed by atoms with Gasteiger partial charge >= 0.3 is 0 Å². The Kier molecular flexibility index (Phi) is 6.23. The summed E-state index contributed by atoms with van der Waals surface area (Å²) >= 11 is 1.43. The summed E-state index contributed by atoms with van der Waals surface area (Å²) in [6, 6.07) is 26.3. The molecule has 1 amide bonds. The van der Waals surface area contributed by atoms with Gasteiger partial charge in [0, 0.05) is 16.8 Å². The van der Waals surface area contributed by atoms with Crippen LogP contribution in [-0.2, 0) is 4.79 Å². The molecule has 0 saturated heterocycles. The minimum absolute atomic E-state index is 0.0404. The van der Waals surface area contributed by atoms with Gasteiger partial charge in [0.2, 0.25) is 5.91 Å². The smallest absolute Gasteiger partial charge is 0.237 e. The molecule has 0 spiro atoms. The molecule has 0 fully saturated rings. The van der Waals surface area contributed by atoms with Gasteiger partial charge in [-0.1, -0.05) is 90.6 Å². The first-order chi connectivity index (χ1) is 15.0. The average molecular weight is 428 g/mol. The van der Waals surface area contributed by atoms with E-state index in [9.17, 15) is 4.79 Å². The molecule has 0 radical (unpaired) electrons. The van der Waals surface area contributed by atoms with E-state index in [4.69, 9.17) is 4.98 Å². The number of aryl methyl sites for hydroxylation is 2. The number of thioether (sulfide) groups is 1. The van der Waals surface area contributed by atoms with Crippen LogP contribution in [0.25, 0.3) is 22.5 Å². The number of amides is 1. The third-order valence-electron chi connectivity index (χ3n) is 5.18. The number of nitrogens with one attached hydrogen (secondary N) is 2. The first-order valence-electron chi connectivity index (χ1n) is 10.3. The number of rotatable bonds is 6. The first-order valence-corrected chi connectivity index (χ1v) is 11.2. The van der Waals surface area contributed by atoms with Crippen molar-refractivity contribution in [2.45, 2.75) is 31.2 Å². The third-order valence-corrected chi connectivity index (χ3v) is 6.16. The Morgan fingerprint density at radius 1 is 0.871 bits per heavy atom. The van der Waals surface area contributed by atoms with Gasteiger partial charge in [-0.25, -0.2) is 4.98 Å². The van der Waals surface area contributed by atoms with Gasteiger partial charge < -0.3 is 10.3 Å². The lowest BCUT2D eigenvalue weighted by Gasteiger charge is -2.14. The molecule has 0 aliphatic heterocycles. The van der Waals surface area contributed by atoms with Gasteiger partial charge in [-0.05, 0) is 31.9 Å². The number of hydrogen-bond donors (Lipinski definition) is 2. The van der Waals surface area contributed by atoms with Crippen molar-refractivity contribution in [3.63, 3.8) is 0 Å². The summed E-state index contributed by atoms with van der Waals surface area (Å²) in [6.07, 6.45) is 0. The van der Waals surface area contributed by atoms with E-state index in [1.54, 1.807) is 0 Å². The molecule has 1 heterocycles. The number of carbonyl (C=O) groups excluding carboxylic acids is 1. The maximum absolute atomic E-state index is 12.9. The molecular formula is C26H25N3OS. The summed E-state index contributed by atoms with van der Waals surface area (Å²) in [7, 11) is 0. The zero-order valence-electron chi connectivity index (χ0n) is 17.8. The van der Waals surface area contributed by atoms with Crippen LogP contribution < -0.4 is 5.32 Å². The molecule has 3 aromatic carbocycles. The van der Waals surface area contributed by atoms with Crippen LogP contribution in [0, 0.1) is 13.8 Å². The summed E-state index contributed by atoms with van der Waals surface area (Å²) < 4.78 is 0. The molecule has 4 rings (SSSR count). The number of aromatic amines is 1. The highest BCUT2D eigenvalue weighted by atomic mass is 32.2. The van der Waals surface area contributed by atoms with E-state index in [2.05, 4.69) is 22.4 Å². The van der Waals surface area contributed by atoms with Gasteiger partial charge in [0.05, 0.1) is 16.6 Å². The fraction of sp³-hybridized carbons (Fsp3) is 0.154. The Hall–Kier alpha value is -3.31. The zero-order chi connectivity index (χ0) is 21.8. The van der Waals surface area contributed by atoms with Gasteiger partial charge in [-0.2, -0.15) is 0 Å². The quantitative estimate of drug-likeness (QED) is 0.346. The van der Waals surface area contributed by atoms with E-state index in [0.29, 0.717) is 0 Å². The standard InChI is InChI=1S/C26H25N3OS/c1-17-11-10-12-18(2)22(17)27-25(30)19(3)31-26-28-23(20-13-6-4-7-14-20)24(29-26)21-15-8-5-9-16-21/h4-16,19H,1-3H3,(H,27,30)(H,28,29). The van der Waals surface area contributed by atoms with Crippen LogP contribution >= 0.6 is 11.8 Å². The van der Waals surface area contributed by atoms with Gasteiger partial charge in [0.25, 0.3) is 0 Å². The van der Waals surface area contributed by atoms with Crippen LogP contribution in [0.3, 0.4) is 0 Å². The zero-order valence-corrected chi connectivity index (χ0v) is 18.7. The van der Waals surface area contributed by atoms with Gasteiger partial charge in [-0.15, -0.1) is 0 Å². The van der Waals surface area contributed by atoms with Crippen molar-refractivity contribution in [2.75, 3.05) is 5.32 Å². The Balaban J connectivity index is 1.60. The molecule has 0 bridgehead atoms. The Morgan fingerprint density at radius 2 is 1.45 bits per heavy atom. The van der Waals surface area contributed by atoms with Crippen LogP contribution in [0.4, 0.5) is 5.69 Å². The number of imidazole rings is 1. The molecule has 0 aliphatic carbocycles. The molecule has 1 atom stereocenters. The predicted molar refractivity (Wildman–Crippen MR) is 129 cm³/mol. The molecule has 156 valence electrons. The van der Waals surface area contributed by atoms with Crippen LogP contribution in [0.15, 0.2) is 84.0 Å². The van der Waals surface area contributed by atoms with Gasteiger partial charge in [0.15, 0.2) is 5.16 Å².